The van der Waals surface area contributed by atoms with Gasteiger partial charge in [0.05, 0.1) is 5.41 Å². The Morgan fingerprint density at radius 3 is 1.33 bits per heavy atom. The smallest absolute Gasteiger partial charge is 0.0619 e. The Hall–Kier alpha value is -7.28. The molecule has 0 heterocycles. The molecule has 0 saturated carbocycles. The lowest BCUT2D eigenvalue weighted by molar-refractivity contribution is 0.802. The van der Waals surface area contributed by atoms with Crippen LogP contribution >= 0.6 is 0 Å². The van der Waals surface area contributed by atoms with Gasteiger partial charge in [-0.3, -0.25) is 0 Å². The van der Waals surface area contributed by atoms with E-state index in [4.69, 9.17) is 0 Å². The minimum absolute atomic E-state index is 0.427. The topological polar surface area (TPSA) is 0 Å². The van der Waals surface area contributed by atoms with E-state index in [1.54, 1.807) is 0 Å². The van der Waals surface area contributed by atoms with Crippen molar-refractivity contribution < 1.29 is 0 Å². The van der Waals surface area contributed by atoms with Gasteiger partial charge in [0.25, 0.3) is 0 Å². The molecule has 2 aliphatic rings. The Bertz CT molecular complexity index is 3430. The van der Waals surface area contributed by atoms with Crippen LogP contribution in [0.4, 0.5) is 0 Å². The highest BCUT2D eigenvalue weighted by atomic mass is 14.5. The maximum atomic E-state index is 2.54. The lowest BCUT2D eigenvalue weighted by Crippen LogP contribution is -2.26. The van der Waals surface area contributed by atoms with E-state index in [9.17, 15) is 0 Å². The average molecular weight is 719 g/mol. The Kier molecular flexibility index (Phi) is 6.19. The van der Waals surface area contributed by atoms with Crippen molar-refractivity contribution in [2.24, 2.45) is 0 Å². The number of hydrogen-bond donors (Lipinski definition) is 0. The summed E-state index contributed by atoms with van der Waals surface area (Å²) >= 11 is 0. The van der Waals surface area contributed by atoms with E-state index in [-0.39, 0.29) is 0 Å². The fourth-order valence-corrected chi connectivity index (χ4v) is 10.9. The molecule has 0 nitrogen and oxygen atoms in total. The predicted octanol–water partition coefficient (Wildman–Crippen LogP) is 15.1. The molecule has 0 N–H and O–H groups in total. The van der Waals surface area contributed by atoms with Gasteiger partial charge < -0.3 is 0 Å². The minimum atomic E-state index is -0.427. The van der Waals surface area contributed by atoms with E-state index in [2.05, 4.69) is 206 Å². The maximum Gasteiger partial charge on any atom is 0.0731 e. The second-order valence-electron chi connectivity index (χ2n) is 15.9. The Morgan fingerprint density at radius 1 is 0.246 bits per heavy atom. The number of fused-ring (bicyclic) bond motifs is 16. The Morgan fingerprint density at radius 2 is 0.702 bits per heavy atom. The summed E-state index contributed by atoms with van der Waals surface area (Å²) < 4.78 is 0. The Balaban J connectivity index is 1.10. The van der Waals surface area contributed by atoms with Gasteiger partial charge in [-0.15, -0.1) is 0 Å². The molecule has 0 saturated heterocycles. The van der Waals surface area contributed by atoms with E-state index >= 15 is 0 Å². The van der Waals surface area contributed by atoms with Crippen LogP contribution in [-0.2, 0) is 5.41 Å². The molecule has 0 radical (unpaired) electrons. The third kappa shape index (κ3) is 4.07. The zero-order valence-corrected chi connectivity index (χ0v) is 31.1. The van der Waals surface area contributed by atoms with Crippen molar-refractivity contribution >= 4 is 53.9 Å². The van der Waals surface area contributed by atoms with Crippen molar-refractivity contribution in [3.63, 3.8) is 0 Å². The van der Waals surface area contributed by atoms with Gasteiger partial charge in [-0.2, -0.15) is 0 Å². The van der Waals surface area contributed by atoms with Crippen molar-refractivity contribution in [3.8, 4) is 44.5 Å². The Labute approximate surface area is 330 Å². The lowest BCUT2D eigenvalue weighted by atomic mass is 9.69. The maximum absolute atomic E-state index is 2.54. The second-order valence-corrected chi connectivity index (χ2v) is 15.9. The molecule has 11 aromatic rings. The predicted molar refractivity (Wildman–Crippen MR) is 241 cm³/mol. The quantitative estimate of drug-likeness (QED) is 0.156. The zero-order valence-electron chi connectivity index (χ0n) is 31.1. The fourth-order valence-electron chi connectivity index (χ4n) is 10.9. The van der Waals surface area contributed by atoms with Gasteiger partial charge in [-0.05, 0) is 145 Å². The van der Waals surface area contributed by atoms with E-state index in [0.29, 0.717) is 0 Å². The molecule has 0 unspecified atom stereocenters. The normalized spacial score (nSPS) is 13.4. The molecule has 0 aliphatic heterocycles. The summed E-state index contributed by atoms with van der Waals surface area (Å²) in [6.45, 7) is 0. The summed E-state index contributed by atoms with van der Waals surface area (Å²) in [5.74, 6) is 0. The molecule has 13 rings (SSSR count). The first-order valence-electron chi connectivity index (χ1n) is 20.0. The molecule has 11 aromatic carbocycles. The second kappa shape index (κ2) is 11.4. The molecule has 262 valence electrons. The molecule has 2 aliphatic carbocycles. The van der Waals surface area contributed by atoms with Gasteiger partial charge in [0.15, 0.2) is 0 Å². The van der Waals surface area contributed by atoms with Crippen LogP contribution in [0.5, 0.6) is 0 Å². The van der Waals surface area contributed by atoms with Crippen LogP contribution in [0.25, 0.3) is 98.4 Å². The molecule has 57 heavy (non-hydrogen) atoms. The minimum Gasteiger partial charge on any atom is -0.0619 e. The summed E-state index contributed by atoms with van der Waals surface area (Å²) in [4.78, 5) is 0. The fraction of sp³-hybridized carbons (Fsp3) is 0.0175. The SMILES string of the molecule is c1ccc2c(c1)-c1ccccc1C21c2cc3cc(-c4c5ccccc5c(-c5ccc6ccccc6c5)c5ccccc45)ccc3cc2-c2ccc3ccccc3c21. The van der Waals surface area contributed by atoms with Gasteiger partial charge in [0.2, 0.25) is 0 Å². The van der Waals surface area contributed by atoms with Crippen molar-refractivity contribution in [3.05, 3.63) is 229 Å². The molecule has 0 amide bonds. The number of benzene rings is 11. The highest BCUT2D eigenvalue weighted by Crippen LogP contribution is 2.64. The summed E-state index contributed by atoms with van der Waals surface area (Å²) in [5.41, 5.74) is 15.5. The highest BCUT2D eigenvalue weighted by molar-refractivity contribution is 6.22. The summed E-state index contributed by atoms with van der Waals surface area (Å²) in [7, 11) is 0. The largest absolute Gasteiger partial charge is 0.0731 e. The standard InChI is InChI=1S/C57H34/c1-2-15-37-31-39(27-25-35(37)13-1)54-45-19-5-7-21-47(45)55(48-22-8-6-20-46(48)54)40-28-26-38-33-50-49-30-29-36-14-3-4-16-42(36)56(49)57(53(50)34-41(38)32-40)51-23-11-9-17-43(51)44-18-10-12-24-52(44)57/h1-34H. The van der Waals surface area contributed by atoms with Crippen LogP contribution in [0.2, 0.25) is 0 Å². The summed E-state index contributed by atoms with van der Waals surface area (Å²) in [6.07, 6.45) is 0. The number of rotatable bonds is 2. The molecular formula is C57H34. The van der Waals surface area contributed by atoms with Crippen LogP contribution < -0.4 is 0 Å². The van der Waals surface area contributed by atoms with Crippen molar-refractivity contribution in [2.45, 2.75) is 5.41 Å². The third-order valence-corrected chi connectivity index (χ3v) is 13.2. The van der Waals surface area contributed by atoms with E-state index in [1.165, 1.54) is 121 Å². The van der Waals surface area contributed by atoms with Crippen molar-refractivity contribution in [1.29, 1.82) is 0 Å². The van der Waals surface area contributed by atoms with E-state index < -0.39 is 5.41 Å². The van der Waals surface area contributed by atoms with Crippen LogP contribution in [0, 0.1) is 0 Å². The van der Waals surface area contributed by atoms with Gasteiger partial charge >= 0.3 is 0 Å². The van der Waals surface area contributed by atoms with Crippen LogP contribution in [0.15, 0.2) is 206 Å². The molecule has 0 fully saturated rings. The molecule has 1 spiro atoms. The van der Waals surface area contributed by atoms with E-state index in [1.807, 2.05) is 0 Å². The molecule has 0 atom stereocenters. The van der Waals surface area contributed by atoms with Crippen molar-refractivity contribution in [2.75, 3.05) is 0 Å². The van der Waals surface area contributed by atoms with Gasteiger partial charge in [-0.25, -0.2) is 0 Å². The highest BCUT2D eigenvalue weighted by Gasteiger charge is 2.52. The first kappa shape index (κ1) is 31.0. The lowest BCUT2D eigenvalue weighted by Gasteiger charge is -2.31. The third-order valence-electron chi connectivity index (χ3n) is 13.2. The summed E-state index contributed by atoms with van der Waals surface area (Å²) in [5, 5.41) is 12.7. The van der Waals surface area contributed by atoms with Crippen LogP contribution in [0.1, 0.15) is 22.3 Å². The van der Waals surface area contributed by atoms with Crippen LogP contribution in [-0.4, -0.2) is 0 Å². The van der Waals surface area contributed by atoms with Crippen molar-refractivity contribution in [1.82, 2.24) is 0 Å². The molecular weight excluding hydrogens is 685 g/mol. The number of hydrogen-bond acceptors (Lipinski definition) is 0. The monoisotopic (exact) mass is 718 g/mol. The van der Waals surface area contributed by atoms with E-state index in [0.717, 1.165) is 0 Å². The van der Waals surface area contributed by atoms with Crippen LogP contribution in [0.3, 0.4) is 0 Å². The van der Waals surface area contributed by atoms with Gasteiger partial charge in [0.1, 0.15) is 0 Å². The molecule has 0 heteroatoms. The van der Waals surface area contributed by atoms with Gasteiger partial charge in [0, 0.05) is 0 Å². The molecule has 0 aromatic heterocycles. The average Bonchev–Trinajstić information content (AvgIpc) is 3.74. The molecule has 0 bridgehead atoms. The summed E-state index contributed by atoms with van der Waals surface area (Å²) in [6, 6.07) is 77.7. The van der Waals surface area contributed by atoms with Gasteiger partial charge in [-0.1, -0.05) is 182 Å². The first-order valence-corrected chi connectivity index (χ1v) is 20.0. The first-order chi connectivity index (χ1) is 28.3. The zero-order chi connectivity index (χ0) is 37.2.